The highest BCUT2D eigenvalue weighted by atomic mass is 32.2. The van der Waals surface area contributed by atoms with Crippen LogP contribution in [0.1, 0.15) is 104 Å². The van der Waals surface area contributed by atoms with Crippen LogP contribution in [-0.4, -0.2) is 29.4 Å². The Morgan fingerprint density at radius 3 is 1.50 bits per heavy atom. The number of unbranched alkanes of at least 4 members (excludes halogenated alkanes) is 11. The van der Waals surface area contributed by atoms with E-state index in [1.54, 1.807) is 6.26 Å². The molecule has 0 fully saturated rings. The summed E-state index contributed by atoms with van der Waals surface area (Å²) in [5.41, 5.74) is 0.399. The maximum absolute atomic E-state index is 10.9. The standard InChI is InChI=1S/C21H44O2S/c1-21(2,3)17-19-23-18-15-13-11-9-7-5-6-8-10-12-14-16-20-24(4)22/h5-20H2,1-4H3. The fraction of sp³-hybridized carbons (Fsp3) is 1.00. The molecule has 0 aromatic heterocycles. The molecule has 0 saturated heterocycles. The lowest BCUT2D eigenvalue weighted by atomic mass is 9.93. The van der Waals surface area contributed by atoms with Gasteiger partial charge in [-0.2, -0.15) is 0 Å². The number of hydrogen-bond donors (Lipinski definition) is 0. The van der Waals surface area contributed by atoms with Crippen LogP contribution in [0.2, 0.25) is 0 Å². The van der Waals surface area contributed by atoms with E-state index in [0.717, 1.165) is 31.8 Å². The number of hydrogen-bond acceptors (Lipinski definition) is 2. The van der Waals surface area contributed by atoms with Crippen molar-refractivity contribution in [1.29, 1.82) is 0 Å². The van der Waals surface area contributed by atoms with Gasteiger partial charge in [0.1, 0.15) is 0 Å². The Labute approximate surface area is 155 Å². The highest BCUT2D eigenvalue weighted by Gasteiger charge is 2.08. The first-order valence-electron chi connectivity index (χ1n) is 10.3. The normalized spacial score (nSPS) is 13.3. The van der Waals surface area contributed by atoms with Crippen LogP contribution in [0.3, 0.4) is 0 Å². The minimum absolute atomic E-state index is 0.399. The van der Waals surface area contributed by atoms with Gasteiger partial charge in [-0.15, -0.1) is 0 Å². The molecule has 0 N–H and O–H groups in total. The highest BCUT2D eigenvalue weighted by Crippen LogP contribution is 2.18. The van der Waals surface area contributed by atoms with Crippen molar-refractivity contribution in [3.05, 3.63) is 0 Å². The van der Waals surface area contributed by atoms with Gasteiger partial charge in [0.05, 0.1) is 0 Å². The lowest BCUT2D eigenvalue weighted by molar-refractivity contribution is 0.105. The Morgan fingerprint density at radius 2 is 1.08 bits per heavy atom. The second-order valence-corrected chi connectivity index (χ2v) is 10.00. The lowest BCUT2D eigenvalue weighted by Crippen LogP contribution is -2.09. The number of rotatable bonds is 17. The van der Waals surface area contributed by atoms with Crippen molar-refractivity contribution >= 4 is 10.8 Å². The van der Waals surface area contributed by atoms with Gasteiger partial charge < -0.3 is 4.74 Å². The third-order valence-corrected chi connectivity index (χ3v) is 5.33. The summed E-state index contributed by atoms with van der Waals surface area (Å²) in [4.78, 5) is 0. The van der Waals surface area contributed by atoms with E-state index in [1.165, 1.54) is 70.6 Å². The van der Waals surface area contributed by atoms with Crippen LogP contribution in [0.4, 0.5) is 0 Å². The lowest BCUT2D eigenvalue weighted by Gasteiger charge is -2.17. The Hall–Kier alpha value is 0.110. The Balaban J connectivity index is 3.04. The summed E-state index contributed by atoms with van der Waals surface area (Å²) < 4.78 is 16.6. The van der Waals surface area contributed by atoms with Crippen LogP contribution in [0, 0.1) is 5.41 Å². The van der Waals surface area contributed by atoms with E-state index in [-0.39, 0.29) is 0 Å². The van der Waals surface area contributed by atoms with E-state index >= 15 is 0 Å². The second kappa shape index (κ2) is 16.6. The predicted molar refractivity (Wildman–Crippen MR) is 109 cm³/mol. The molecule has 2 nitrogen and oxygen atoms in total. The van der Waals surface area contributed by atoms with Crippen LogP contribution in [0.15, 0.2) is 0 Å². The molecule has 0 rings (SSSR count). The summed E-state index contributed by atoms with van der Waals surface area (Å²) >= 11 is 0. The Bertz CT molecular complexity index is 284. The van der Waals surface area contributed by atoms with Crippen molar-refractivity contribution in [2.75, 3.05) is 25.2 Å². The van der Waals surface area contributed by atoms with Crippen molar-refractivity contribution in [1.82, 2.24) is 0 Å². The quantitative estimate of drug-likeness (QED) is 0.277. The average Bonchev–Trinajstić information content (AvgIpc) is 2.49. The molecule has 24 heavy (non-hydrogen) atoms. The van der Waals surface area contributed by atoms with Crippen molar-refractivity contribution in [3.63, 3.8) is 0 Å². The molecule has 0 aliphatic rings. The van der Waals surface area contributed by atoms with Gasteiger partial charge >= 0.3 is 0 Å². The fourth-order valence-electron chi connectivity index (χ4n) is 2.76. The maximum Gasteiger partial charge on any atom is 0.0471 e. The smallest absolute Gasteiger partial charge is 0.0471 e. The fourth-order valence-corrected chi connectivity index (χ4v) is 3.37. The maximum atomic E-state index is 10.9. The van der Waals surface area contributed by atoms with Crippen molar-refractivity contribution in [3.8, 4) is 0 Å². The molecule has 0 amide bonds. The van der Waals surface area contributed by atoms with E-state index in [2.05, 4.69) is 20.8 Å². The van der Waals surface area contributed by atoms with Crippen LogP contribution in [0.5, 0.6) is 0 Å². The van der Waals surface area contributed by atoms with E-state index < -0.39 is 10.8 Å². The van der Waals surface area contributed by atoms with Gasteiger partial charge in [-0.3, -0.25) is 4.21 Å². The van der Waals surface area contributed by atoms with Gasteiger partial charge in [0.2, 0.25) is 0 Å². The predicted octanol–water partition coefficient (Wildman–Crippen LogP) is 6.50. The molecule has 0 saturated carbocycles. The van der Waals surface area contributed by atoms with E-state index in [1.807, 2.05) is 0 Å². The van der Waals surface area contributed by atoms with Crippen LogP contribution >= 0.6 is 0 Å². The van der Waals surface area contributed by atoms with E-state index in [4.69, 9.17) is 4.74 Å². The van der Waals surface area contributed by atoms with Crippen LogP contribution in [-0.2, 0) is 15.5 Å². The summed E-state index contributed by atoms with van der Waals surface area (Å²) in [6.07, 6.45) is 19.0. The Kier molecular flexibility index (Phi) is 16.6. The molecule has 0 aromatic carbocycles. The summed E-state index contributed by atoms with van der Waals surface area (Å²) in [6.45, 7) is 8.67. The molecule has 0 aliphatic heterocycles. The molecular formula is C21H44O2S. The molecule has 0 spiro atoms. The number of ether oxygens (including phenoxy) is 1. The van der Waals surface area contributed by atoms with Gasteiger partial charge in [0.15, 0.2) is 0 Å². The monoisotopic (exact) mass is 360 g/mol. The largest absolute Gasteiger partial charge is 0.381 e. The summed E-state index contributed by atoms with van der Waals surface area (Å²) in [5.74, 6) is 0.891. The third kappa shape index (κ3) is 22.1. The first-order chi connectivity index (χ1) is 11.4. The molecule has 0 aliphatic carbocycles. The zero-order valence-electron chi connectivity index (χ0n) is 17.0. The van der Waals surface area contributed by atoms with Gasteiger partial charge in [0, 0.05) is 36.0 Å². The van der Waals surface area contributed by atoms with E-state index in [0.29, 0.717) is 5.41 Å². The van der Waals surface area contributed by atoms with Crippen molar-refractivity contribution in [2.45, 2.75) is 104 Å². The van der Waals surface area contributed by atoms with Crippen molar-refractivity contribution in [2.24, 2.45) is 5.41 Å². The van der Waals surface area contributed by atoms with Gasteiger partial charge in [-0.05, 0) is 24.7 Å². The summed E-state index contributed by atoms with van der Waals surface area (Å²) in [5, 5.41) is 0. The summed E-state index contributed by atoms with van der Waals surface area (Å²) in [6, 6.07) is 0. The van der Waals surface area contributed by atoms with Crippen LogP contribution in [0.25, 0.3) is 0 Å². The zero-order valence-corrected chi connectivity index (χ0v) is 17.9. The van der Waals surface area contributed by atoms with Gasteiger partial charge in [-0.25, -0.2) is 0 Å². The molecular weight excluding hydrogens is 316 g/mol. The first-order valence-corrected chi connectivity index (χ1v) is 12.0. The average molecular weight is 361 g/mol. The highest BCUT2D eigenvalue weighted by molar-refractivity contribution is 7.84. The minimum atomic E-state index is -0.595. The molecule has 0 bridgehead atoms. The molecule has 146 valence electrons. The Morgan fingerprint density at radius 1 is 0.667 bits per heavy atom. The first kappa shape index (κ1) is 24.1. The minimum Gasteiger partial charge on any atom is -0.381 e. The van der Waals surface area contributed by atoms with Crippen molar-refractivity contribution < 1.29 is 8.95 Å². The third-order valence-electron chi connectivity index (χ3n) is 4.47. The molecule has 0 heterocycles. The molecule has 0 radical (unpaired) electrons. The zero-order chi connectivity index (χ0) is 18.1. The second-order valence-electron chi connectivity index (χ2n) is 8.44. The summed E-state index contributed by atoms with van der Waals surface area (Å²) in [7, 11) is -0.595. The van der Waals surface area contributed by atoms with Gasteiger partial charge in [-0.1, -0.05) is 85.0 Å². The van der Waals surface area contributed by atoms with Gasteiger partial charge in [0.25, 0.3) is 0 Å². The molecule has 3 heteroatoms. The molecule has 1 atom stereocenters. The van der Waals surface area contributed by atoms with Crippen LogP contribution < -0.4 is 0 Å². The SMILES string of the molecule is CS(=O)CCCCCCCCCCCCCCOCCC(C)(C)C. The topological polar surface area (TPSA) is 26.3 Å². The van der Waals surface area contributed by atoms with E-state index in [9.17, 15) is 4.21 Å². The molecule has 0 aromatic rings. The molecule has 1 unspecified atom stereocenters.